The van der Waals surface area contributed by atoms with Gasteiger partial charge in [0.15, 0.2) is 16.2 Å². The zero-order chi connectivity index (χ0) is 16.5. The van der Waals surface area contributed by atoms with Crippen molar-refractivity contribution in [1.82, 2.24) is 19.3 Å². The second kappa shape index (κ2) is 6.26. The van der Waals surface area contributed by atoms with E-state index in [0.717, 1.165) is 22.5 Å². The molecule has 0 radical (unpaired) electrons. The Bertz CT molecular complexity index is 1020. The number of aromatic nitrogens is 4. The predicted octanol–water partition coefficient (Wildman–Crippen LogP) is 4.51. The Labute approximate surface area is 147 Å². The first kappa shape index (κ1) is 15.2. The van der Waals surface area contributed by atoms with Crippen molar-refractivity contribution in [3.05, 3.63) is 59.4 Å². The third-order valence-electron chi connectivity index (χ3n) is 3.66. The molecule has 0 aliphatic heterocycles. The summed E-state index contributed by atoms with van der Waals surface area (Å²) >= 11 is 6.97. The third-order valence-corrected chi connectivity index (χ3v) is 4.94. The van der Waals surface area contributed by atoms with E-state index in [9.17, 15) is 0 Å². The molecule has 0 N–H and O–H groups in total. The maximum absolute atomic E-state index is 5.72. The molecule has 7 heteroatoms. The summed E-state index contributed by atoms with van der Waals surface area (Å²) in [5.74, 6) is 1.39. The number of hydrogen-bond donors (Lipinski definition) is 0. The molecule has 0 bridgehead atoms. The van der Waals surface area contributed by atoms with Crippen molar-refractivity contribution < 1.29 is 4.42 Å². The van der Waals surface area contributed by atoms with Gasteiger partial charge in [0.2, 0.25) is 0 Å². The van der Waals surface area contributed by atoms with Crippen molar-refractivity contribution in [2.75, 3.05) is 0 Å². The van der Waals surface area contributed by atoms with Crippen molar-refractivity contribution in [2.24, 2.45) is 7.05 Å². The molecule has 2 aromatic heterocycles. The fraction of sp³-hybridized carbons (Fsp3) is 0.118. The first-order chi connectivity index (χ1) is 11.7. The molecule has 0 amide bonds. The van der Waals surface area contributed by atoms with Crippen LogP contribution in [0.25, 0.3) is 22.5 Å². The van der Waals surface area contributed by atoms with Gasteiger partial charge in [0.05, 0.1) is 5.88 Å². The molecule has 0 saturated carbocycles. The summed E-state index contributed by atoms with van der Waals surface area (Å²) in [4.78, 5) is 4.46. The van der Waals surface area contributed by atoms with Gasteiger partial charge in [0, 0.05) is 12.6 Å². The highest BCUT2D eigenvalue weighted by molar-refractivity contribution is 7.98. The topological polar surface area (TPSA) is 48.8 Å². The summed E-state index contributed by atoms with van der Waals surface area (Å²) in [6.07, 6.45) is 0. The monoisotopic (exact) mass is 354 g/mol. The fourth-order valence-electron chi connectivity index (χ4n) is 2.44. The van der Waals surface area contributed by atoms with Crippen LogP contribution in [-0.2, 0) is 12.9 Å². The summed E-state index contributed by atoms with van der Waals surface area (Å²) < 4.78 is 10.1. The first-order valence-electron chi connectivity index (χ1n) is 7.40. The normalized spacial score (nSPS) is 11.2. The predicted molar refractivity (Wildman–Crippen MR) is 97.3 cm³/mol. The molecule has 2 heterocycles. The molecule has 0 aliphatic rings. The lowest BCUT2D eigenvalue weighted by molar-refractivity contribution is 0.487. The van der Waals surface area contributed by atoms with Crippen LogP contribution in [0.2, 0.25) is 0 Å². The van der Waals surface area contributed by atoms with Crippen LogP contribution in [0.5, 0.6) is 0 Å². The number of nitrogens with zero attached hydrogens (tertiary/aromatic N) is 4. The molecule has 4 aromatic rings. The lowest BCUT2D eigenvalue weighted by atomic mass is 10.2. The van der Waals surface area contributed by atoms with Crippen molar-refractivity contribution in [1.29, 1.82) is 0 Å². The Hall–Kier alpha value is -2.38. The summed E-state index contributed by atoms with van der Waals surface area (Å²) in [5, 5.41) is 5.25. The van der Waals surface area contributed by atoms with E-state index in [1.165, 1.54) is 11.8 Å². The number of benzene rings is 2. The summed E-state index contributed by atoms with van der Waals surface area (Å²) in [7, 11) is 1.93. The number of para-hydroxylation sites is 2. The van der Waals surface area contributed by atoms with Gasteiger partial charge in [0.1, 0.15) is 5.52 Å². The highest BCUT2D eigenvalue weighted by Crippen LogP contribution is 2.25. The molecule has 2 aromatic carbocycles. The van der Waals surface area contributed by atoms with Crippen LogP contribution in [-0.4, -0.2) is 19.3 Å². The maximum Gasteiger partial charge on any atom is 0.258 e. The SMILES string of the molecule is Cn1c(-c2ccccc2)nn(CSc2nc3ccccc3o2)c1=S. The van der Waals surface area contributed by atoms with Gasteiger partial charge < -0.3 is 8.98 Å². The fourth-order valence-corrected chi connectivity index (χ4v) is 3.44. The van der Waals surface area contributed by atoms with E-state index >= 15 is 0 Å². The molecule has 0 atom stereocenters. The molecule has 0 unspecified atom stereocenters. The van der Waals surface area contributed by atoms with E-state index in [-0.39, 0.29) is 0 Å². The van der Waals surface area contributed by atoms with Crippen LogP contribution in [0.1, 0.15) is 0 Å². The molecule has 0 spiro atoms. The summed E-state index contributed by atoms with van der Waals surface area (Å²) in [5.41, 5.74) is 2.68. The molecule has 5 nitrogen and oxygen atoms in total. The van der Waals surface area contributed by atoms with E-state index in [4.69, 9.17) is 16.6 Å². The molecular formula is C17H14N4OS2. The average Bonchev–Trinajstić information content (AvgIpc) is 3.16. The quantitative estimate of drug-likeness (QED) is 0.399. The molecule has 120 valence electrons. The van der Waals surface area contributed by atoms with Crippen LogP contribution in [0.15, 0.2) is 64.2 Å². The minimum Gasteiger partial charge on any atom is -0.431 e. The zero-order valence-electron chi connectivity index (χ0n) is 12.9. The van der Waals surface area contributed by atoms with Crippen LogP contribution in [0.4, 0.5) is 0 Å². The molecule has 4 rings (SSSR count). The highest BCUT2D eigenvalue weighted by Gasteiger charge is 2.11. The van der Waals surface area contributed by atoms with Crippen molar-refractivity contribution in [3.63, 3.8) is 0 Å². The lowest BCUT2D eigenvalue weighted by Crippen LogP contribution is -1.97. The van der Waals surface area contributed by atoms with Gasteiger partial charge in [-0.15, -0.1) is 0 Å². The van der Waals surface area contributed by atoms with E-state index in [1.807, 2.05) is 66.2 Å². The van der Waals surface area contributed by atoms with Gasteiger partial charge in [-0.25, -0.2) is 9.67 Å². The van der Waals surface area contributed by atoms with Gasteiger partial charge >= 0.3 is 0 Å². The second-order valence-corrected chi connectivity index (χ2v) is 6.51. The van der Waals surface area contributed by atoms with Crippen LogP contribution in [0, 0.1) is 4.77 Å². The Morgan fingerprint density at radius 1 is 1.08 bits per heavy atom. The Balaban J connectivity index is 1.60. The first-order valence-corrected chi connectivity index (χ1v) is 8.79. The summed E-state index contributed by atoms with van der Waals surface area (Å²) in [6, 6.07) is 17.7. The number of thioether (sulfide) groups is 1. The van der Waals surface area contributed by atoms with E-state index < -0.39 is 0 Å². The maximum atomic E-state index is 5.72. The largest absolute Gasteiger partial charge is 0.431 e. The minimum atomic E-state index is 0.548. The number of fused-ring (bicyclic) bond motifs is 1. The summed E-state index contributed by atoms with van der Waals surface area (Å²) in [6.45, 7) is 0. The third kappa shape index (κ3) is 2.76. The minimum absolute atomic E-state index is 0.548. The molecule has 0 fully saturated rings. The molecule has 0 aliphatic carbocycles. The Morgan fingerprint density at radius 3 is 2.62 bits per heavy atom. The Morgan fingerprint density at radius 2 is 1.83 bits per heavy atom. The van der Waals surface area contributed by atoms with E-state index in [2.05, 4.69) is 10.1 Å². The standard InChI is InChI=1S/C17H14N4OS2/c1-20-15(12-7-3-2-4-8-12)19-21(17(20)23)11-24-16-18-13-9-5-6-10-14(13)22-16/h2-10H,11H2,1H3. The van der Waals surface area contributed by atoms with Gasteiger partial charge in [-0.05, 0) is 36.1 Å². The van der Waals surface area contributed by atoms with E-state index in [1.54, 1.807) is 4.68 Å². The van der Waals surface area contributed by atoms with Crippen LogP contribution >= 0.6 is 24.0 Å². The average molecular weight is 354 g/mol. The molecule has 0 saturated heterocycles. The van der Waals surface area contributed by atoms with Gasteiger partial charge in [-0.1, -0.05) is 42.5 Å². The van der Waals surface area contributed by atoms with E-state index in [0.29, 0.717) is 15.9 Å². The smallest absolute Gasteiger partial charge is 0.258 e. The van der Waals surface area contributed by atoms with Crippen molar-refractivity contribution in [3.8, 4) is 11.4 Å². The lowest BCUT2D eigenvalue weighted by Gasteiger charge is -1.98. The van der Waals surface area contributed by atoms with Crippen molar-refractivity contribution in [2.45, 2.75) is 11.1 Å². The van der Waals surface area contributed by atoms with Gasteiger partial charge in [-0.2, -0.15) is 5.10 Å². The number of oxazole rings is 1. The van der Waals surface area contributed by atoms with Gasteiger partial charge in [0.25, 0.3) is 5.22 Å². The highest BCUT2D eigenvalue weighted by atomic mass is 32.2. The molecular weight excluding hydrogens is 340 g/mol. The second-order valence-electron chi connectivity index (χ2n) is 5.25. The van der Waals surface area contributed by atoms with Crippen LogP contribution < -0.4 is 0 Å². The van der Waals surface area contributed by atoms with Gasteiger partial charge in [-0.3, -0.25) is 0 Å². The zero-order valence-corrected chi connectivity index (χ0v) is 14.5. The Kier molecular flexibility index (Phi) is 3.95. The van der Waals surface area contributed by atoms with Crippen molar-refractivity contribution >= 4 is 35.1 Å². The molecule has 24 heavy (non-hydrogen) atoms. The van der Waals surface area contributed by atoms with Crippen LogP contribution in [0.3, 0.4) is 0 Å². The number of rotatable bonds is 4. The number of hydrogen-bond acceptors (Lipinski definition) is 5.